The summed E-state index contributed by atoms with van der Waals surface area (Å²) in [6.07, 6.45) is 2.73. The highest BCUT2D eigenvalue weighted by Crippen LogP contribution is 2.23. The second-order valence-electron chi connectivity index (χ2n) is 7.87. The lowest BCUT2D eigenvalue weighted by Gasteiger charge is -2.15. The number of fused-ring (bicyclic) bond motifs is 1. The third-order valence-electron chi connectivity index (χ3n) is 5.63. The van der Waals surface area contributed by atoms with E-state index in [0.717, 1.165) is 11.3 Å². The summed E-state index contributed by atoms with van der Waals surface area (Å²) in [5.74, 6) is 1.17. The van der Waals surface area contributed by atoms with Gasteiger partial charge in [0.05, 0.1) is 24.7 Å². The number of ether oxygens (including phenoxy) is 2. The Hall–Kier alpha value is -4.88. The molecule has 10 nitrogen and oxygen atoms in total. The largest absolute Gasteiger partial charge is 0.497 e. The predicted octanol–water partition coefficient (Wildman–Crippen LogP) is 5.03. The van der Waals surface area contributed by atoms with E-state index in [4.69, 9.17) is 21.1 Å². The zero-order valence-corrected chi connectivity index (χ0v) is 22.4. The monoisotopic (exact) mass is 543 g/mol. The molecule has 0 aliphatic carbocycles. The van der Waals surface area contributed by atoms with E-state index in [9.17, 15) is 10.1 Å². The lowest BCUT2D eigenvalue weighted by molar-refractivity contribution is 0.284. The zero-order valence-electron chi connectivity index (χ0n) is 21.6. The van der Waals surface area contributed by atoms with Gasteiger partial charge in [0.1, 0.15) is 35.6 Å². The van der Waals surface area contributed by atoms with Gasteiger partial charge in [0.25, 0.3) is 0 Å². The summed E-state index contributed by atoms with van der Waals surface area (Å²) in [5, 5.41) is 13.2. The van der Waals surface area contributed by atoms with Crippen molar-refractivity contribution in [3.63, 3.8) is 0 Å². The molecular formula is C28H26ClN7O3. The highest BCUT2D eigenvalue weighted by Gasteiger charge is 2.17. The topological polar surface area (TPSA) is 119 Å². The van der Waals surface area contributed by atoms with Crippen LogP contribution in [0.15, 0.2) is 78.0 Å². The first-order chi connectivity index (χ1) is 19.1. The number of methoxy groups -OCH3 is 1. The van der Waals surface area contributed by atoms with Crippen molar-refractivity contribution in [2.75, 3.05) is 12.4 Å². The number of nitriles is 1. The molecule has 5 rings (SSSR count). The quantitative estimate of drug-likeness (QED) is 0.289. The number of anilines is 1. The Morgan fingerprint density at radius 1 is 1.05 bits per heavy atom. The van der Waals surface area contributed by atoms with Crippen LogP contribution in [-0.2, 0) is 13.2 Å². The van der Waals surface area contributed by atoms with Crippen molar-refractivity contribution in [2.45, 2.75) is 27.0 Å². The summed E-state index contributed by atoms with van der Waals surface area (Å²) in [6.45, 7) is 4.37. The van der Waals surface area contributed by atoms with E-state index in [1.807, 2.05) is 56.3 Å². The van der Waals surface area contributed by atoms with E-state index in [1.165, 1.54) is 21.5 Å². The Morgan fingerprint density at radius 2 is 1.79 bits per heavy atom. The van der Waals surface area contributed by atoms with Gasteiger partial charge in [-0.25, -0.2) is 24.1 Å². The Labute approximate surface area is 230 Å². The van der Waals surface area contributed by atoms with Gasteiger partial charge < -0.3 is 14.8 Å². The molecule has 0 radical (unpaired) electrons. The average molecular weight is 544 g/mol. The van der Waals surface area contributed by atoms with E-state index in [2.05, 4.69) is 26.3 Å². The summed E-state index contributed by atoms with van der Waals surface area (Å²) in [7, 11) is 1.61. The van der Waals surface area contributed by atoms with Crippen LogP contribution in [0.25, 0.3) is 11.3 Å². The molecule has 0 fully saturated rings. The van der Waals surface area contributed by atoms with E-state index < -0.39 is 5.69 Å². The number of nitrogens with one attached hydrogen (secondary N) is 1. The normalized spacial score (nSPS) is 10.3. The van der Waals surface area contributed by atoms with E-state index >= 15 is 0 Å². The first kappa shape index (κ1) is 27.2. The van der Waals surface area contributed by atoms with Crippen molar-refractivity contribution >= 4 is 23.1 Å². The maximum Gasteiger partial charge on any atom is 0.340 e. The van der Waals surface area contributed by atoms with Gasteiger partial charge >= 0.3 is 5.69 Å². The molecule has 0 atom stereocenters. The molecule has 0 saturated carbocycles. The summed E-state index contributed by atoms with van der Waals surface area (Å²) in [6, 6.07) is 20.5. The number of hydrogen-bond acceptors (Lipinski definition) is 8. The number of halogens is 1. The summed E-state index contributed by atoms with van der Waals surface area (Å²) in [5.41, 5.74) is 2.24. The van der Waals surface area contributed by atoms with Crippen LogP contribution in [0.1, 0.15) is 30.7 Å². The van der Waals surface area contributed by atoms with Crippen LogP contribution in [0.4, 0.5) is 5.82 Å². The number of hydrogen-bond donors (Lipinski definition) is 1. The number of para-hydroxylation sites is 1. The average Bonchev–Trinajstić information content (AvgIpc) is 3.37. The number of imidazole rings is 1. The summed E-state index contributed by atoms with van der Waals surface area (Å²) >= 11 is 6.20. The minimum Gasteiger partial charge on any atom is -0.497 e. The van der Waals surface area contributed by atoms with Gasteiger partial charge in [-0.2, -0.15) is 5.26 Å². The molecule has 0 spiro atoms. The van der Waals surface area contributed by atoms with Crippen molar-refractivity contribution in [3.8, 4) is 23.4 Å². The Kier molecular flexibility index (Phi) is 8.76. The van der Waals surface area contributed by atoms with Crippen molar-refractivity contribution in [1.29, 1.82) is 5.26 Å². The van der Waals surface area contributed by atoms with Gasteiger partial charge in [-0.3, -0.25) is 4.57 Å². The Balaban J connectivity index is 0.00000172. The predicted molar refractivity (Wildman–Crippen MR) is 149 cm³/mol. The van der Waals surface area contributed by atoms with Gasteiger partial charge in [-0.05, 0) is 29.8 Å². The van der Waals surface area contributed by atoms with Gasteiger partial charge in [-0.1, -0.05) is 55.8 Å². The lowest BCUT2D eigenvalue weighted by atomic mass is 10.2. The van der Waals surface area contributed by atoms with Crippen LogP contribution < -0.4 is 20.5 Å². The minimum absolute atomic E-state index is 0.0608. The molecule has 0 saturated heterocycles. The number of nitrogens with zero attached hydrogens (tertiary/aromatic N) is 6. The lowest BCUT2D eigenvalue weighted by Crippen LogP contribution is -2.28. The zero-order chi connectivity index (χ0) is 27.8. The van der Waals surface area contributed by atoms with Gasteiger partial charge in [0.15, 0.2) is 11.4 Å². The van der Waals surface area contributed by atoms with E-state index in [0.29, 0.717) is 29.4 Å². The fourth-order valence-corrected chi connectivity index (χ4v) is 4.02. The van der Waals surface area contributed by atoms with Crippen LogP contribution >= 0.6 is 11.6 Å². The number of aromatic nitrogens is 5. The standard InChI is InChI=1S/C26H20ClN7O3.C2H6/c1-36-20-9-7-17(8-10-20)13-30-24-21(12-28)25(32-16-31-24)37-15-19-11-23-29-14-22(27)34(23)26(35)33(19)18-5-3-2-4-6-18;1-2/h2-11,14,16H,13,15H2,1H3,(H,30,31,32);1-2H3. The van der Waals surface area contributed by atoms with Gasteiger partial charge in [-0.15, -0.1) is 0 Å². The molecular weight excluding hydrogens is 518 g/mol. The molecule has 0 aliphatic rings. The molecule has 0 aliphatic heterocycles. The van der Waals surface area contributed by atoms with Gasteiger partial charge in [0.2, 0.25) is 5.88 Å². The molecule has 0 unspecified atom stereocenters. The molecule has 1 N–H and O–H groups in total. The van der Waals surface area contributed by atoms with Crippen LogP contribution in [-0.4, -0.2) is 31.0 Å². The molecule has 0 amide bonds. The van der Waals surface area contributed by atoms with Crippen molar-refractivity contribution in [3.05, 3.63) is 106 Å². The fraction of sp³-hybridized carbons (Fsp3) is 0.179. The fourth-order valence-electron chi connectivity index (χ4n) is 3.82. The third kappa shape index (κ3) is 5.84. The van der Waals surface area contributed by atoms with Crippen LogP contribution in [0.3, 0.4) is 0 Å². The van der Waals surface area contributed by atoms with Crippen LogP contribution in [0.5, 0.6) is 11.6 Å². The minimum atomic E-state index is -0.394. The van der Waals surface area contributed by atoms with Gasteiger partial charge in [0, 0.05) is 12.6 Å². The van der Waals surface area contributed by atoms with Crippen molar-refractivity contribution in [2.24, 2.45) is 0 Å². The first-order valence-corrected chi connectivity index (χ1v) is 12.5. The highest BCUT2D eigenvalue weighted by molar-refractivity contribution is 6.29. The first-order valence-electron chi connectivity index (χ1n) is 12.2. The van der Waals surface area contributed by atoms with Crippen LogP contribution in [0.2, 0.25) is 5.15 Å². The second-order valence-corrected chi connectivity index (χ2v) is 8.26. The molecule has 3 heterocycles. The van der Waals surface area contributed by atoms with Crippen molar-refractivity contribution in [1.82, 2.24) is 23.9 Å². The van der Waals surface area contributed by atoms with Crippen LogP contribution in [0, 0.1) is 11.3 Å². The maximum absolute atomic E-state index is 13.3. The molecule has 2 aromatic carbocycles. The maximum atomic E-state index is 13.3. The third-order valence-corrected chi connectivity index (χ3v) is 5.89. The molecule has 0 bridgehead atoms. The Bertz CT molecular complexity index is 1660. The number of benzene rings is 2. The molecule has 5 aromatic rings. The molecule has 11 heteroatoms. The SMILES string of the molecule is CC.COc1ccc(CNc2ncnc(OCc3cc4ncc(Cl)n4c(=O)n3-c3ccccc3)c2C#N)cc1. The van der Waals surface area contributed by atoms with Crippen molar-refractivity contribution < 1.29 is 9.47 Å². The second kappa shape index (κ2) is 12.6. The Morgan fingerprint density at radius 3 is 2.49 bits per heavy atom. The smallest absolute Gasteiger partial charge is 0.340 e. The highest BCUT2D eigenvalue weighted by atomic mass is 35.5. The van der Waals surface area contributed by atoms with E-state index in [-0.39, 0.29) is 23.2 Å². The molecule has 39 heavy (non-hydrogen) atoms. The number of rotatable bonds is 8. The summed E-state index contributed by atoms with van der Waals surface area (Å²) in [4.78, 5) is 25.9. The van der Waals surface area contributed by atoms with E-state index in [1.54, 1.807) is 25.3 Å². The molecule has 198 valence electrons. The summed E-state index contributed by atoms with van der Waals surface area (Å²) < 4.78 is 13.9. The molecule has 3 aromatic heterocycles.